The number of ether oxygens (including phenoxy) is 2. The summed E-state index contributed by atoms with van der Waals surface area (Å²) in [7, 11) is -3.64. The van der Waals surface area contributed by atoms with Crippen LogP contribution in [0.1, 0.15) is 25.0 Å². The van der Waals surface area contributed by atoms with E-state index in [0.717, 1.165) is 17.7 Å². The summed E-state index contributed by atoms with van der Waals surface area (Å²) in [5, 5.41) is 2.78. The first kappa shape index (κ1) is 19.3. The van der Waals surface area contributed by atoms with Gasteiger partial charge in [-0.3, -0.25) is 14.5 Å². The fraction of sp³-hybridized carbons (Fsp3) is 0.300. The van der Waals surface area contributed by atoms with Gasteiger partial charge < -0.3 is 14.8 Å². The quantitative estimate of drug-likeness (QED) is 0.778. The van der Waals surface area contributed by atoms with Crippen LogP contribution in [0.15, 0.2) is 46.3 Å². The summed E-state index contributed by atoms with van der Waals surface area (Å²) in [5.74, 6) is 1.05. The van der Waals surface area contributed by atoms with Crippen LogP contribution in [0.3, 0.4) is 0 Å². The zero-order valence-electron chi connectivity index (χ0n) is 16.1. The number of carbonyl (C=O) groups excluding carboxylic acids is 1. The number of amides is 1. The second kappa shape index (κ2) is 7.40. The van der Waals surface area contributed by atoms with E-state index in [4.69, 9.17) is 9.47 Å². The molecule has 0 saturated heterocycles. The number of anilines is 1. The Morgan fingerprint density at radius 1 is 1.34 bits per heavy atom. The average Bonchev–Trinajstić information content (AvgIpc) is 3.16. The number of rotatable bonds is 5. The topological polar surface area (TPSA) is 106 Å². The van der Waals surface area contributed by atoms with Gasteiger partial charge >= 0.3 is 0 Å². The molecule has 2 N–H and O–H groups in total. The highest BCUT2D eigenvalue weighted by atomic mass is 32.2. The van der Waals surface area contributed by atoms with Crippen molar-refractivity contribution in [3.8, 4) is 11.5 Å². The third-order valence-corrected chi connectivity index (χ3v) is 6.01. The van der Waals surface area contributed by atoms with E-state index in [-0.39, 0.29) is 23.4 Å². The van der Waals surface area contributed by atoms with Crippen molar-refractivity contribution in [2.24, 2.45) is 4.99 Å². The molecule has 0 radical (unpaired) electrons. The molecule has 0 aliphatic carbocycles. The number of hydrogen-bond donors (Lipinski definition) is 2. The zero-order valence-corrected chi connectivity index (χ0v) is 16.9. The molecule has 2 aliphatic heterocycles. The number of aliphatic imine (C=N–C) groups is 1. The van der Waals surface area contributed by atoms with Gasteiger partial charge in [0.2, 0.25) is 5.91 Å². The van der Waals surface area contributed by atoms with E-state index >= 15 is 0 Å². The molecule has 2 aliphatic rings. The van der Waals surface area contributed by atoms with Gasteiger partial charge in [0.25, 0.3) is 10.0 Å². The van der Waals surface area contributed by atoms with Crippen LogP contribution in [0.5, 0.6) is 11.5 Å². The number of nitrogens with zero attached hydrogens (tertiary/aromatic N) is 1. The van der Waals surface area contributed by atoms with Crippen molar-refractivity contribution in [1.82, 2.24) is 4.72 Å². The largest absolute Gasteiger partial charge is 0.492 e. The Bertz CT molecular complexity index is 1110. The van der Waals surface area contributed by atoms with Crippen LogP contribution in [-0.2, 0) is 21.2 Å². The second-order valence-electron chi connectivity index (χ2n) is 6.84. The first-order valence-corrected chi connectivity index (χ1v) is 10.8. The maximum absolute atomic E-state index is 12.5. The lowest BCUT2D eigenvalue weighted by molar-refractivity contribution is -0.114. The summed E-state index contributed by atoms with van der Waals surface area (Å²) in [6, 6.07) is 10.1. The van der Waals surface area contributed by atoms with E-state index in [1.807, 2.05) is 19.9 Å². The van der Waals surface area contributed by atoms with Crippen molar-refractivity contribution in [3.05, 3.63) is 47.5 Å². The van der Waals surface area contributed by atoms with Crippen molar-refractivity contribution >= 4 is 27.5 Å². The van der Waals surface area contributed by atoms with E-state index < -0.39 is 15.9 Å². The van der Waals surface area contributed by atoms with Gasteiger partial charge in [-0.2, -0.15) is 0 Å². The number of hydrogen-bond acceptors (Lipinski definition) is 6. The van der Waals surface area contributed by atoms with Crippen LogP contribution >= 0.6 is 0 Å². The minimum Gasteiger partial charge on any atom is -0.492 e. The van der Waals surface area contributed by atoms with Gasteiger partial charge in [0.1, 0.15) is 30.0 Å². The third kappa shape index (κ3) is 3.77. The number of carbonyl (C=O) groups is 1. The van der Waals surface area contributed by atoms with Gasteiger partial charge in [-0.05, 0) is 32.0 Å². The van der Waals surface area contributed by atoms with E-state index in [1.54, 1.807) is 24.3 Å². The molecule has 2 heterocycles. The van der Waals surface area contributed by atoms with Gasteiger partial charge in [-0.15, -0.1) is 0 Å². The standard InChI is InChI=1S/C20H21N3O5S/c1-3-27-17-9-13-8-12(2)28-16(13)10-15(17)22-19(24)11-21-20-14-6-4-5-7-18(14)29(25,26)23-20/h4-7,9-10,12H,3,8,11H2,1-2H3,(H,21,23)(H,22,24)/t12-/m1/s1. The predicted octanol–water partition coefficient (Wildman–Crippen LogP) is 2.09. The van der Waals surface area contributed by atoms with Crippen LogP contribution in [-0.4, -0.2) is 39.4 Å². The summed E-state index contributed by atoms with van der Waals surface area (Å²) >= 11 is 0. The van der Waals surface area contributed by atoms with Crippen molar-refractivity contribution in [2.45, 2.75) is 31.3 Å². The van der Waals surface area contributed by atoms with Crippen LogP contribution in [0.2, 0.25) is 0 Å². The normalized spacial score (nSPS) is 19.8. The summed E-state index contributed by atoms with van der Waals surface area (Å²) < 4.78 is 38.0. The average molecular weight is 415 g/mol. The van der Waals surface area contributed by atoms with Gasteiger partial charge in [0.05, 0.1) is 17.2 Å². The molecular weight excluding hydrogens is 394 g/mol. The lowest BCUT2D eigenvalue weighted by Gasteiger charge is -2.13. The van der Waals surface area contributed by atoms with Crippen LogP contribution in [0, 0.1) is 0 Å². The van der Waals surface area contributed by atoms with Gasteiger partial charge in [-0.1, -0.05) is 12.1 Å². The summed E-state index contributed by atoms with van der Waals surface area (Å²) in [4.78, 5) is 16.8. The van der Waals surface area contributed by atoms with E-state index in [0.29, 0.717) is 23.6 Å². The Kier molecular flexibility index (Phi) is 4.91. The monoisotopic (exact) mass is 415 g/mol. The summed E-state index contributed by atoms with van der Waals surface area (Å²) in [5.41, 5.74) is 1.99. The molecule has 2 aromatic carbocycles. The lowest BCUT2D eigenvalue weighted by Crippen LogP contribution is -2.24. The summed E-state index contributed by atoms with van der Waals surface area (Å²) in [6.45, 7) is 4.06. The third-order valence-electron chi connectivity index (χ3n) is 4.62. The number of nitrogens with one attached hydrogen (secondary N) is 2. The van der Waals surface area contributed by atoms with Crippen molar-refractivity contribution in [3.63, 3.8) is 0 Å². The molecule has 1 amide bonds. The minimum absolute atomic E-state index is 0.0762. The van der Waals surface area contributed by atoms with Gasteiger partial charge in [0, 0.05) is 23.6 Å². The molecule has 0 fully saturated rings. The highest BCUT2D eigenvalue weighted by Gasteiger charge is 2.30. The number of benzene rings is 2. The van der Waals surface area contributed by atoms with E-state index in [2.05, 4.69) is 15.0 Å². The molecule has 29 heavy (non-hydrogen) atoms. The molecule has 152 valence electrons. The predicted molar refractivity (Wildman–Crippen MR) is 108 cm³/mol. The minimum atomic E-state index is -3.64. The molecule has 8 nitrogen and oxygen atoms in total. The Labute approximate surface area is 169 Å². The van der Waals surface area contributed by atoms with Crippen molar-refractivity contribution in [1.29, 1.82) is 0 Å². The molecule has 0 saturated carbocycles. The van der Waals surface area contributed by atoms with Crippen LogP contribution in [0.4, 0.5) is 5.69 Å². The molecule has 1 atom stereocenters. The molecule has 0 aromatic heterocycles. The Balaban J connectivity index is 1.53. The van der Waals surface area contributed by atoms with Crippen LogP contribution < -0.4 is 19.5 Å². The Morgan fingerprint density at radius 2 is 2.14 bits per heavy atom. The molecule has 2 aromatic rings. The highest BCUT2D eigenvalue weighted by Crippen LogP contribution is 2.38. The Hall–Kier alpha value is -3.07. The number of fused-ring (bicyclic) bond motifs is 2. The Morgan fingerprint density at radius 3 is 2.93 bits per heavy atom. The van der Waals surface area contributed by atoms with E-state index in [1.165, 1.54) is 6.07 Å². The fourth-order valence-corrected chi connectivity index (χ4v) is 4.65. The second-order valence-corrected chi connectivity index (χ2v) is 8.49. The first-order valence-electron chi connectivity index (χ1n) is 9.30. The highest BCUT2D eigenvalue weighted by molar-refractivity contribution is 7.90. The van der Waals surface area contributed by atoms with E-state index in [9.17, 15) is 13.2 Å². The smallest absolute Gasteiger partial charge is 0.263 e. The maximum atomic E-state index is 12.5. The SMILES string of the molecule is CCOc1cc2c(cc1NC(=O)CN=C1NS(=O)(=O)c3ccccc31)O[C@H](C)C2. The molecule has 0 bridgehead atoms. The van der Waals surface area contributed by atoms with Gasteiger partial charge in [-0.25, -0.2) is 8.42 Å². The molecule has 0 unspecified atom stereocenters. The van der Waals surface area contributed by atoms with Crippen molar-refractivity contribution < 1.29 is 22.7 Å². The molecular formula is C20H21N3O5S. The molecule has 0 spiro atoms. The molecule has 9 heteroatoms. The number of amidine groups is 1. The summed E-state index contributed by atoms with van der Waals surface area (Å²) in [6.07, 6.45) is 0.865. The number of sulfonamides is 1. The van der Waals surface area contributed by atoms with Crippen molar-refractivity contribution in [2.75, 3.05) is 18.5 Å². The van der Waals surface area contributed by atoms with Gasteiger partial charge in [0.15, 0.2) is 0 Å². The molecule has 4 rings (SSSR count). The lowest BCUT2D eigenvalue weighted by atomic mass is 10.1. The maximum Gasteiger partial charge on any atom is 0.263 e. The first-order chi connectivity index (χ1) is 13.9. The fourth-order valence-electron chi connectivity index (χ4n) is 3.40. The zero-order chi connectivity index (χ0) is 20.6. The van der Waals surface area contributed by atoms with Crippen LogP contribution in [0.25, 0.3) is 0 Å².